The lowest BCUT2D eigenvalue weighted by Gasteiger charge is -2.11. The molecule has 0 saturated heterocycles. The molecule has 1 N–H and O–H groups in total. The van der Waals surface area contributed by atoms with E-state index in [1.54, 1.807) is 24.3 Å². The molecule has 2 aromatic carbocycles. The van der Waals surface area contributed by atoms with Crippen LogP contribution in [-0.2, 0) is 0 Å². The van der Waals surface area contributed by atoms with E-state index in [4.69, 9.17) is 0 Å². The molecule has 0 atom stereocenters. The molecule has 0 amide bonds. The first kappa shape index (κ1) is 17.2. The average molecular weight is 357 g/mol. The van der Waals surface area contributed by atoms with E-state index in [0.717, 1.165) is 6.07 Å². The number of fused-ring (bicyclic) bond motifs is 1. The molecule has 0 radical (unpaired) electrons. The first-order chi connectivity index (χ1) is 12.4. The zero-order chi connectivity index (χ0) is 18.7. The molecule has 8 heteroatoms. The SMILES string of the molecule is N#C/C(=C\c1ccccc1OC(F)(F)F)c1nc2ccccc2c(=O)[nH]1. The number of nitrogens with zero attached hydrogens (tertiary/aromatic N) is 2. The van der Waals surface area contributed by atoms with Crippen molar-refractivity contribution in [1.82, 2.24) is 9.97 Å². The topological polar surface area (TPSA) is 78.8 Å². The summed E-state index contributed by atoms with van der Waals surface area (Å²) in [5.74, 6) is -0.506. The second-order valence-electron chi connectivity index (χ2n) is 5.19. The number of hydrogen-bond acceptors (Lipinski definition) is 4. The van der Waals surface area contributed by atoms with Gasteiger partial charge < -0.3 is 9.72 Å². The van der Waals surface area contributed by atoms with E-state index in [-0.39, 0.29) is 17.0 Å². The number of para-hydroxylation sites is 2. The van der Waals surface area contributed by atoms with Gasteiger partial charge in [0.15, 0.2) is 5.82 Å². The van der Waals surface area contributed by atoms with Crippen molar-refractivity contribution in [3.63, 3.8) is 0 Å². The van der Waals surface area contributed by atoms with Gasteiger partial charge in [0, 0.05) is 5.56 Å². The van der Waals surface area contributed by atoms with Crippen LogP contribution in [0.5, 0.6) is 5.75 Å². The van der Waals surface area contributed by atoms with Crippen molar-refractivity contribution >= 4 is 22.6 Å². The van der Waals surface area contributed by atoms with E-state index in [1.165, 1.54) is 24.3 Å². The van der Waals surface area contributed by atoms with Gasteiger partial charge in [-0.2, -0.15) is 5.26 Å². The van der Waals surface area contributed by atoms with Crippen molar-refractivity contribution in [2.75, 3.05) is 0 Å². The van der Waals surface area contributed by atoms with E-state index >= 15 is 0 Å². The fraction of sp³-hybridized carbons (Fsp3) is 0.0556. The minimum atomic E-state index is -4.87. The molecule has 0 aliphatic rings. The number of nitriles is 1. The van der Waals surface area contributed by atoms with E-state index in [1.807, 2.05) is 6.07 Å². The monoisotopic (exact) mass is 357 g/mol. The van der Waals surface area contributed by atoms with Gasteiger partial charge in [-0.25, -0.2) is 4.98 Å². The number of aromatic nitrogens is 2. The molecule has 26 heavy (non-hydrogen) atoms. The summed E-state index contributed by atoms with van der Waals surface area (Å²) in [7, 11) is 0. The van der Waals surface area contributed by atoms with Crippen LogP contribution in [0.4, 0.5) is 13.2 Å². The number of allylic oxidation sites excluding steroid dienone is 1. The maximum absolute atomic E-state index is 12.5. The van der Waals surface area contributed by atoms with Crippen LogP contribution in [0.25, 0.3) is 22.6 Å². The Bertz CT molecular complexity index is 1100. The highest BCUT2D eigenvalue weighted by Gasteiger charge is 2.31. The van der Waals surface area contributed by atoms with E-state index in [0.29, 0.717) is 10.9 Å². The Kier molecular flexibility index (Phi) is 4.45. The van der Waals surface area contributed by atoms with Crippen LogP contribution < -0.4 is 10.3 Å². The van der Waals surface area contributed by atoms with Gasteiger partial charge in [0.1, 0.15) is 11.8 Å². The first-order valence-corrected chi connectivity index (χ1v) is 7.33. The van der Waals surface area contributed by atoms with Crippen LogP contribution in [0.15, 0.2) is 53.3 Å². The molecule has 0 bridgehead atoms. The molecular formula is C18H10F3N3O2. The maximum Gasteiger partial charge on any atom is 0.573 e. The number of ether oxygens (including phenoxy) is 1. The van der Waals surface area contributed by atoms with Crippen LogP contribution in [-0.4, -0.2) is 16.3 Å². The van der Waals surface area contributed by atoms with Crippen molar-refractivity contribution in [2.24, 2.45) is 0 Å². The Morgan fingerprint density at radius 3 is 2.58 bits per heavy atom. The fourth-order valence-electron chi connectivity index (χ4n) is 2.34. The number of alkyl halides is 3. The Morgan fingerprint density at radius 2 is 1.85 bits per heavy atom. The van der Waals surface area contributed by atoms with E-state index < -0.39 is 17.7 Å². The van der Waals surface area contributed by atoms with Gasteiger partial charge in [0.25, 0.3) is 5.56 Å². The van der Waals surface area contributed by atoms with Gasteiger partial charge in [-0.05, 0) is 24.3 Å². The lowest BCUT2D eigenvalue weighted by atomic mass is 10.1. The molecular weight excluding hydrogens is 347 g/mol. The third-order valence-corrected chi connectivity index (χ3v) is 3.43. The summed E-state index contributed by atoms with van der Waals surface area (Å²) in [5.41, 5.74) is -0.165. The Balaban J connectivity index is 2.11. The summed E-state index contributed by atoms with van der Waals surface area (Å²) in [5, 5.41) is 9.73. The van der Waals surface area contributed by atoms with Crippen LogP contribution in [0.3, 0.4) is 0 Å². The van der Waals surface area contributed by atoms with Gasteiger partial charge in [0.05, 0.1) is 16.5 Å². The Labute approximate surface area is 145 Å². The number of aromatic amines is 1. The molecule has 5 nitrogen and oxygen atoms in total. The molecule has 130 valence electrons. The Hall–Kier alpha value is -3.60. The van der Waals surface area contributed by atoms with E-state index in [9.17, 15) is 23.2 Å². The third-order valence-electron chi connectivity index (χ3n) is 3.43. The molecule has 0 spiro atoms. The summed E-state index contributed by atoms with van der Waals surface area (Å²) in [6, 6.07) is 13.7. The summed E-state index contributed by atoms with van der Waals surface area (Å²) < 4.78 is 41.5. The smallest absolute Gasteiger partial charge is 0.405 e. The van der Waals surface area contributed by atoms with Gasteiger partial charge in [-0.15, -0.1) is 13.2 Å². The molecule has 3 aromatic rings. The van der Waals surface area contributed by atoms with Gasteiger partial charge in [0.2, 0.25) is 0 Å². The van der Waals surface area contributed by atoms with Crippen LogP contribution >= 0.6 is 0 Å². The highest BCUT2D eigenvalue weighted by atomic mass is 19.4. The summed E-state index contributed by atoms with van der Waals surface area (Å²) in [4.78, 5) is 18.8. The van der Waals surface area contributed by atoms with Crippen LogP contribution in [0, 0.1) is 11.3 Å². The normalized spacial score (nSPS) is 12.0. The van der Waals surface area contributed by atoms with Crippen molar-refractivity contribution in [3.8, 4) is 11.8 Å². The Morgan fingerprint density at radius 1 is 1.15 bits per heavy atom. The third kappa shape index (κ3) is 3.72. The molecule has 3 rings (SSSR count). The van der Waals surface area contributed by atoms with Crippen LogP contribution in [0.2, 0.25) is 0 Å². The van der Waals surface area contributed by atoms with Crippen molar-refractivity contribution < 1.29 is 17.9 Å². The number of hydrogen-bond donors (Lipinski definition) is 1. The number of nitrogens with one attached hydrogen (secondary N) is 1. The molecule has 1 aromatic heterocycles. The van der Waals surface area contributed by atoms with Gasteiger partial charge in [-0.3, -0.25) is 4.79 Å². The number of H-pyrrole nitrogens is 1. The minimum absolute atomic E-state index is 0.0252. The van der Waals surface area contributed by atoms with Crippen molar-refractivity contribution in [3.05, 3.63) is 70.3 Å². The molecule has 0 unspecified atom stereocenters. The highest BCUT2D eigenvalue weighted by Crippen LogP contribution is 2.28. The van der Waals surface area contributed by atoms with Crippen molar-refractivity contribution in [2.45, 2.75) is 6.36 Å². The van der Waals surface area contributed by atoms with Crippen LogP contribution in [0.1, 0.15) is 11.4 Å². The second kappa shape index (κ2) is 6.72. The fourth-order valence-corrected chi connectivity index (χ4v) is 2.34. The second-order valence-corrected chi connectivity index (χ2v) is 5.19. The molecule has 1 heterocycles. The zero-order valence-electron chi connectivity index (χ0n) is 13.0. The summed E-state index contributed by atoms with van der Waals surface area (Å²) in [6.07, 6.45) is -3.69. The molecule has 0 aliphatic heterocycles. The number of halogens is 3. The highest BCUT2D eigenvalue weighted by molar-refractivity contribution is 5.90. The maximum atomic E-state index is 12.5. The first-order valence-electron chi connectivity index (χ1n) is 7.33. The largest absolute Gasteiger partial charge is 0.573 e. The average Bonchev–Trinajstić information content (AvgIpc) is 2.59. The number of rotatable bonds is 3. The van der Waals surface area contributed by atoms with E-state index in [2.05, 4.69) is 14.7 Å². The molecule has 0 fully saturated rings. The zero-order valence-corrected chi connectivity index (χ0v) is 13.0. The molecule has 0 saturated carbocycles. The molecule has 0 aliphatic carbocycles. The summed E-state index contributed by atoms with van der Waals surface area (Å²) >= 11 is 0. The quantitative estimate of drug-likeness (QED) is 0.722. The number of benzene rings is 2. The van der Waals surface area contributed by atoms with Gasteiger partial charge >= 0.3 is 6.36 Å². The predicted molar refractivity (Wildman–Crippen MR) is 89.0 cm³/mol. The summed E-state index contributed by atoms with van der Waals surface area (Å²) in [6.45, 7) is 0. The minimum Gasteiger partial charge on any atom is -0.405 e. The lowest BCUT2D eigenvalue weighted by Crippen LogP contribution is -2.17. The van der Waals surface area contributed by atoms with Crippen molar-refractivity contribution in [1.29, 1.82) is 5.26 Å². The lowest BCUT2D eigenvalue weighted by molar-refractivity contribution is -0.274. The standard InChI is InChI=1S/C18H10F3N3O2/c19-18(20,21)26-15-8-4-1-5-11(15)9-12(10-22)16-23-14-7-3-2-6-13(14)17(25)24-16/h1-9H,(H,23,24,25)/b12-9+. The van der Waals surface area contributed by atoms with Gasteiger partial charge in [-0.1, -0.05) is 30.3 Å². The predicted octanol–water partition coefficient (Wildman–Crippen LogP) is 3.89.